The van der Waals surface area contributed by atoms with Crippen molar-refractivity contribution >= 4 is 0 Å². The van der Waals surface area contributed by atoms with Gasteiger partial charge in [-0.2, -0.15) is 0 Å². The van der Waals surface area contributed by atoms with Crippen LogP contribution in [0.4, 0.5) is 0 Å². The van der Waals surface area contributed by atoms with Crippen LogP contribution in [0.1, 0.15) is 37.8 Å². The zero-order valence-corrected chi connectivity index (χ0v) is 14.1. The second-order valence-electron chi connectivity index (χ2n) is 6.52. The van der Waals surface area contributed by atoms with Gasteiger partial charge in [0.05, 0.1) is 0 Å². The quantitative estimate of drug-likeness (QED) is 0.868. The van der Waals surface area contributed by atoms with Crippen molar-refractivity contribution in [3.8, 4) is 0 Å². The van der Waals surface area contributed by atoms with Gasteiger partial charge in [-0.1, -0.05) is 38.1 Å². The van der Waals surface area contributed by atoms with Crippen LogP contribution in [0.15, 0.2) is 24.3 Å². The van der Waals surface area contributed by atoms with E-state index in [0.29, 0.717) is 12.0 Å². The lowest BCUT2D eigenvalue weighted by Crippen LogP contribution is -2.49. The van der Waals surface area contributed by atoms with Crippen molar-refractivity contribution in [2.45, 2.75) is 39.3 Å². The first-order chi connectivity index (χ1) is 10.1. The Kier molecular flexibility index (Phi) is 6.22. The Morgan fingerprint density at radius 1 is 1.24 bits per heavy atom. The fraction of sp³-hybridized carbons (Fsp3) is 0.667. The molecule has 2 unspecified atom stereocenters. The van der Waals surface area contributed by atoms with Gasteiger partial charge in [0.25, 0.3) is 0 Å². The molecule has 2 atom stereocenters. The number of rotatable bonds is 6. The molecule has 0 amide bonds. The van der Waals surface area contributed by atoms with Crippen molar-refractivity contribution in [1.29, 1.82) is 0 Å². The van der Waals surface area contributed by atoms with Gasteiger partial charge in [0.2, 0.25) is 0 Å². The van der Waals surface area contributed by atoms with Crippen molar-refractivity contribution in [3.63, 3.8) is 0 Å². The van der Waals surface area contributed by atoms with Gasteiger partial charge in [-0.05, 0) is 37.6 Å². The predicted octanol–water partition coefficient (Wildman–Crippen LogP) is 2.54. The van der Waals surface area contributed by atoms with E-state index in [2.05, 4.69) is 67.2 Å². The summed E-state index contributed by atoms with van der Waals surface area (Å²) < 4.78 is 0. The van der Waals surface area contributed by atoms with E-state index in [1.165, 1.54) is 30.8 Å². The molecule has 0 aliphatic carbocycles. The summed E-state index contributed by atoms with van der Waals surface area (Å²) in [5, 5.41) is 3.42. The summed E-state index contributed by atoms with van der Waals surface area (Å²) in [5.41, 5.74) is 2.87. The van der Waals surface area contributed by atoms with E-state index in [4.69, 9.17) is 0 Å². The van der Waals surface area contributed by atoms with Crippen LogP contribution in [0.3, 0.4) is 0 Å². The molecule has 1 aliphatic heterocycles. The molecule has 0 spiro atoms. The number of nitrogens with one attached hydrogen (secondary N) is 1. The summed E-state index contributed by atoms with van der Waals surface area (Å²) in [5.74, 6) is 0.586. The molecule has 2 rings (SSSR count). The van der Waals surface area contributed by atoms with Crippen molar-refractivity contribution in [3.05, 3.63) is 35.4 Å². The number of likely N-dealkylation sites (N-methyl/N-ethyl adjacent to an activating group) is 2. The molecular formula is C18H31N3. The highest BCUT2D eigenvalue weighted by Crippen LogP contribution is 2.17. The van der Waals surface area contributed by atoms with Gasteiger partial charge in [-0.25, -0.2) is 0 Å². The molecule has 0 radical (unpaired) electrons. The van der Waals surface area contributed by atoms with E-state index in [1.54, 1.807) is 0 Å². The van der Waals surface area contributed by atoms with Crippen LogP contribution in [0.2, 0.25) is 0 Å². The molecular weight excluding hydrogens is 258 g/mol. The second-order valence-corrected chi connectivity index (χ2v) is 6.52. The SMILES string of the molecule is CCNCC(C)c1ccc(CN2CCN(C)C(C)C2)cc1. The lowest BCUT2D eigenvalue weighted by atomic mass is 9.99. The third kappa shape index (κ3) is 4.80. The predicted molar refractivity (Wildman–Crippen MR) is 90.8 cm³/mol. The van der Waals surface area contributed by atoms with E-state index in [0.717, 1.165) is 19.6 Å². The monoisotopic (exact) mass is 289 g/mol. The van der Waals surface area contributed by atoms with E-state index < -0.39 is 0 Å². The Labute approximate surface area is 130 Å². The standard InChI is InChI=1S/C18H31N3/c1-5-19-12-15(2)18-8-6-17(7-9-18)14-21-11-10-20(4)16(3)13-21/h6-9,15-16,19H,5,10-14H2,1-4H3. The van der Waals surface area contributed by atoms with Gasteiger partial charge in [0, 0.05) is 38.8 Å². The lowest BCUT2D eigenvalue weighted by molar-refractivity contribution is 0.1000. The molecule has 1 saturated heterocycles. The average molecular weight is 289 g/mol. The normalized spacial score (nSPS) is 22.4. The molecule has 1 aromatic rings. The molecule has 1 heterocycles. The van der Waals surface area contributed by atoms with Gasteiger partial charge in [-0.3, -0.25) is 4.90 Å². The van der Waals surface area contributed by atoms with E-state index in [1.807, 2.05) is 0 Å². The maximum absolute atomic E-state index is 3.42. The minimum Gasteiger partial charge on any atom is -0.316 e. The van der Waals surface area contributed by atoms with E-state index >= 15 is 0 Å². The van der Waals surface area contributed by atoms with Gasteiger partial charge >= 0.3 is 0 Å². The van der Waals surface area contributed by atoms with Crippen LogP contribution in [-0.4, -0.2) is 55.6 Å². The topological polar surface area (TPSA) is 18.5 Å². The average Bonchev–Trinajstić information content (AvgIpc) is 2.49. The largest absolute Gasteiger partial charge is 0.316 e. The smallest absolute Gasteiger partial charge is 0.0234 e. The summed E-state index contributed by atoms with van der Waals surface area (Å²) in [6.45, 7) is 13.5. The van der Waals surface area contributed by atoms with Crippen LogP contribution in [0.5, 0.6) is 0 Å². The molecule has 0 saturated carbocycles. The van der Waals surface area contributed by atoms with E-state index in [9.17, 15) is 0 Å². The summed E-state index contributed by atoms with van der Waals surface area (Å²) in [6.07, 6.45) is 0. The Bertz CT molecular complexity index is 415. The Morgan fingerprint density at radius 2 is 1.95 bits per heavy atom. The number of nitrogens with zero attached hydrogens (tertiary/aromatic N) is 2. The Hall–Kier alpha value is -0.900. The second kappa shape index (κ2) is 7.92. The molecule has 1 aliphatic rings. The molecule has 118 valence electrons. The van der Waals surface area contributed by atoms with Crippen LogP contribution in [0, 0.1) is 0 Å². The first kappa shape index (κ1) is 16.5. The van der Waals surface area contributed by atoms with Crippen molar-refractivity contribution in [2.24, 2.45) is 0 Å². The highest BCUT2D eigenvalue weighted by molar-refractivity contribution is 5.25. The Morgan fingerprint density at radius 3 is 2.57 bits per heavy atom. The van der Waals surface area contributed by atoms with Gasteiger partial charge in [-0.15, -0.1) is 0 Å². The number of hydrogen-bond donors (Lipinski definition) is 1. The van der Waals surface area contributed by atoms with Gasteiger partial charge in [0.1, 0.15) is 0 Å². The van der Waals surface area contributed by atoms with Gasteiger partial charge in [0.15, 0.2) is 0 Å². The molecule has 21 heavy (non-hydrogen) atoms. The van der Waals surface area contributed by atoms with Crippen LogP contribution in [0.25, 0.3) is 0 Å². The van der Waals surface area contributed by atoms with Crippen LogP contribution < -0.4 is 5.32 Å². The molecule has 1 fully saturated rings. The fourth-order valence-corrected chi connectivity index (χ4v) is 2.96. The zero-order valence-electron chi connectivity index (χ0n) is 14.1. The molecule has 1 N–H and O–H groups in total. The maximum atomic E-state index is 3.42. The highest BCUT2D eigenvalue weighted by atomic mass is 15.3. The zero-order chi connectivity index (χ0) is 15.2. The van der Waals surface area contributed by atoms with Crippen molar-refractivity contribution in [1.82, 2.24) is 15.1 Å². The summed E-state index contributed by atoms with van der Waals surface area (Å²) in [6, 6.07) is 9.88. The molecule has 1 aromatic carbocycles. The molecule has 3 nitrogen and oxygen atoms in total. The third-order valence-corrected chi connectivity index (χ3v) is 4.70. The van der Waals surface area contributed by atoms with Crippen molar-refractivity contribution < 1.29 is 0 Å². The lowest BCUT2D eigenvalue weighted by Gasteiger charge is -2.37. The molecule has 0 aromatic heterocycles. The minimum absolute atomic E-state index is 0.586. The summed E-state index contributed by atoms with van der Waals surface area (Å²) in [4.78, 5) is 5.02. The van der Waals surface area contributed by atoms with Crippen molar-refractivity contribution in [2.75, 3.05) is 39.8 Å². The first-order valence-corrected chi connectivity index (χ1v) is 8.32. The number of benzene rings is 1. The minimum atomic E-state index is 0.586. The number of hydrogen-bond acceptors (Lipinski definition) is 3. The van der Waals surface area contributed by atoms with Crippen LogP contribution in [-0.2, 0) is 6.54 Å². The third-order valence-electron chi connectivity index (χ3n) is 4.70. The van der Waals surface area contributed by atoms with Crippen LogP contribution >= 0.6 is 0 Å². The van der Waals surface area contributed by atoms with Gasteiger partial charge < -0.3 is 10.2 Å². The van der Waals surface area contributed by atoms with E-state index in [-0.39, 0.29) is 0 Å². The summed E-state index contributed by atoms with van der Waals surface area (Å²) in [7, 11) is 2.22. The Balaban J connectivity index is 1.87. The molecule has 0 bridgehead atoms. The first-order valence-electron chi connectivity index (χ1n) is 8.32. The number of piperazine rings is 1. The maximum Gasteiger partial charge on any atom is 0.0234 e. The fourth-order valence-electron chi connectivity index (χ4n) is 2.96. The highest BCUT2D eigenvalue weighted by Gasteiger charge is 2.20. The molecule has 3 heteroatoms. The summed E-state index contributed by atoms with van der Waals surface area (Å²) >= 11 is 0.